The second-order valence-corrected chi connectivity index (χ2v) is 5.60. The van der Waals surface area contributed by atoms with Gasteiger partial charge in [-0.1, -0.05) is 0 Å². The lowest BCUT2D eigenvalue weighted by Crippen LogP contribution is -2.37. The standard InChI is InChI=1S/C14H26N4/c1-10-14(11(2)17(4)16-10)12(3)18-7-5-13(9-15)6-8-18/h12-13H,5-9,15H2,1-4H3. The highest BCUT2D eigenvalue weighted by atomic mass is 15.3. The summed E-state index contributed by atoms with van der Waals surface area (Å²) in [6.45, 7) is 9.75. The third kappa shape index (κ3) is 2.45. The molecule has 1 saturated heterocycles. The Hall–Kier alpha value is -0.870. The Morgan fingerprint density at radius 2 is 1.94 bits per heavy atom. The lowest BCUT2D eigenvalue weighted by Gasteiger charge is -2.36. The molecule has 1 atom stereocenters. The summed E-state index contributed by atoms with van der Waals surface area (Å²) >= 11 is 0. The number of rotatable bonds is 3. The van der Waals surface area contributed by atoms with Gasteiger partial charge in [0.1, 0.15) is 0 Å². The van der Waals surface area contributed by atoms with Gasteiger partial charge >= 0.3 is 0 Å². The van der Waals surface area contributed by atoms with E-state index in [-0.39, 0.29) is 0 Å². The first kappa shape index (κ1) is 13.6. The quantitative estimate of drug-likeness (QED) is 0.889. The summed E-state index contributed by atoms with van der Waals surface area (Å²) in [5, 5.41) is 4.53. The van der Waals surface area contributed by atoms with Gasteiger partial charge in [0.15, 0.2) is 0 Å². The van der Waals surface area contributed by atoms with Gasteiger partial charge in [-0.25, -0.2) is 0 Å². The van der Waals surface area contributed by atoms with Gasteiger partial charge in [-0.2, -0.15) is 5.10 Å². The van der Waals surface area contributed by atoms with Gasteiger partial charge in [-0.3, -0.25) is 9.58 Å². The topological polar surface area (TPSA) is 47.1 Å². The summed E-state index contributed by atoms with van der Waals surface area (Å²) in [5.74, 6) is 0.726. The first-order valence-electron chi connectivity index (χ1n) is 6.98. The number of aromatic nitrogens is 2. The van der Waals surface area contributed by atoms with Crippen LogP contribution in [0.2, 0.25) is 0 Å². The van der Waals surface area contributed by atoms with Crippen LogP contribution < -0.4 is 5.73 Å². The molecule has 0 radical (unpaired) electrons. The number of piperidine rings is 1. The lowest BCUT2D eigenvalue weighted by molar-refractivity contribution is 0.143. The highest BCUT2D eigenvalue weighted by molar-refractivity contribution is 5.27. The molecule has 102 valence electrons. The van der Waals surface area contributed by atoms with E-state index in [1.165, 1.54) is 29.8 Å². The van der Waals surface area contributed by atoms with Crippen LogP contribution in [0.3, 0.4) is 0 Å². The maximum absolute atomic E-state index is 5.76. The van der Waals surface area contributed by atoms with Crippen molar-refractivity contribution in [1.29, 1.82) is 0 Å². The SMILES string of the molecule is Cc1nn(C)c(C)c1C(C)N1CCC(CN)CC1. The van der Waals surface area contributed by atoms with E-state index in [2.05, 4.69) is 30.8 Å². The lowest BCUT2D eigenvalue weighted by atomic mass is 9.94. The minimum Gasteiger partial charge on any atom is -0.330 e. The number of likely N-dealkylation sites (tertiary alicyclic amines) is 1. The molecule has 4 nitrogen and oxygen atoms in total. The fourth-order valence-corrected chi connectivity index (χ4v) is 3.15. The molecular weight excluding hydrogens is 224 g/mol. The van der Waals surface area contributed by atoms with Crippen molar-refractivity contribution in [3.63, 3.8) is 0 Å². The number of nitrogens with two attached hydrogens (primary N) is 1. The molecule has 0 spiro atoms. The fraction of sp³-hybridized carbons (Fsp3) is 0.786. The van der Waals surface area contributed by atoms with Gasteiger partial charge in [0, 0.05) is 24.3 Å². The normalized spacial score (nSPS) is 20.3. The van der Waals surface area contributed by atoms with Crippen molar-refractivity contribution in [2.24, 2.45) is 18.7 Å². The van der Waals surface area contributed by atoms with Crippen molar-refractivity contribution in [2.75, 3.05) is 19.6 Å². The van der Waals surface area contributed by atoms with Gasteiger partial charge in [0.2, 0.25) is 0 Å². The van der Waals surface area contributed by atoms with Gasteiger partial charge in [-0.15, -0.1) is 0 Å². The summed E-state index contributed by atoms with van der Waals surface area (Å²) in [6, 6.07) is 0.470. The first-order chi connectivity index (χ1) is 8.54. The predicted octanol–water partition coefficient (Wildman–Crippen LogP) is 1.77. The number of aryl methyl sites for hydroxylation is 2. The number of hydrogen-bond acceptors (Lipinski definition) is 3. The van der Waals surface area contributed by atoms with Crippen LogP contribution in [0.4, 0.5) is 0 Å². The Kier molecular flexibility index (Phi) is 4.07. The van der Waals surface area contributed by atoms with E-state index in [0.29, 0.717) is 6.04 Å². The van der Waals surface area contributed by atoms with Crippen molar-refractivity contribution in [3.8, 4) is 0 Å². The Labute approximate surface area is 110 Å². The van der Waals surface area contributed by atoms with Crippen LogP contribution in [-0.4, -0.2) is 34.3 Å². The second-order valence-electron chi connectivity index (χ2n) is 5.60. The molecule has 1 aromatic rings. The maximum atomic E-state index is 5.76. The van der Waals surface area contributed by atoms with Gasteiger partial charge in [-0.05, 0) is 59.2 Å². The summed E-state index contributed by atoms with van der Waals surface area (Å²) in [7, 11) is 2.03. The molecule has 0 aromatic carbocycles. The smallest absolute Gasteiger partial charge is 0.0644 e. The minimum atomic E-state index is 0.470. The minimum absolute atomic E-state index is 0.470. The zero-order valence-corrected chi connectivity index (χ0v) is 12.1. The largest absolute Gasteiger partial charge is 0.330 e. The first-order valence-corrected chi connectivity index (χ1v) is 6.98. The van der Waals surface area contributed by atoms with Gasteiger partial charge < -0.3 is 5.73 Å². The van der Waals surface area contributed by atoms with Crippen molar-refractivity contribution < 1.29 is 0 Å². The van der Waals surface area contributed by atoms with Crippen LogP contribution in [0, 0.1) is 19.8 Å². The summed E-state index contributed by atoms with van der Waals surface area (Å²) in [5.41, 5.74) is 9.62. The van der Waals surface area contributed by atoms with Crippen LogP contribution >= 0.6 is 0 Å². The van der Waals surface area contributed by atoms with E-state index in [0.717, 1.165) is 25.6 Å². The predicted molar refractivity (Wildman–Crippen MR) is 74.4 cm³/mol. The average molecular weight is 250 g/mol. The van der Waals surface area contributed by atoms with E-state index in [1.807, 2.05) is 11.7 Å². The Morgan fingerprint density at radius 3 is 2.39 bits per heavy atom. The Bertz CT molecular complexity index is 402. The van der Waals surface area contributed by atoms with Crippen molar-refractivity contribution in [3.05, 3.63) is 17.0 Å². The third-order valence-corrected chi connectivity index (χ3v) is 4.51. The third-order valence-electron chi connectivity index (χ3n) is 4.51. The van der Waals surface area contributed by atoms with Gasteiger partial charge in [0.25, 0.3) is 0 Å². The molecule has 1 fully saturated rings. The van der Waals surface area contributed by atoms with Crippen LogP contribution in [0.1, 0.15) is 42.8 Å². The van der Waals surface area contributed by atoms with E-state index < -0.39 is 0 Å². The molecule has 0 bridgehead atoms. The van der Waals surface area contributed by atoms with Crippen LogP contribution in [0.5, 0.6) is 0 Å². The van der Waals surface area contributed by atoms with Crippen molar-refractivity contribution in [1.82, 2.24) is 14.7 Å². The molecular formula is C14H26N4. The molecule has 1 aliphatic rings. The zero-order valence-electron chi connectivity index (χ0n) is 12.1. The van der Waals surface area contributed by atoms with E-state index in [9.17, 15) is 0 Å². The van der Waals surface area contributed by atoms with E-state index in [4.69, 9.17) is 5.73 Å². The highest BCUT2D eigenvalue weighted by Crippen LogP contribution is 2.29. The Balaban J connectivity index is 2.10. The van der Waals surface area contributed by atoms with Crippen LogP contribution in [0.15, 0.2) is 0 Å². The zero-order chi connectivity index (χ0) is 13.3. The molecule has 2 heterocycles. The maximum Gasteiger partial charge on any atom is 0.0644 e. The summed E-state index contributed by atoms with van der Waals surface area (Å²) in [4.78, 5) is 2.57. The molecule has 1 unspecified atom stereocenters. The molecule has 2 rings (SSSR count). The Morgan fingerprint density at radius 1 is 1.33 bits per heavy atom. The van der Waals surface area contributed by atoms with Crippen LogP contribution in [0.25, 0.3) is 0 Å². The molecule has 1 aromatic heterocycles. The molecule has 0 aliphatic carbocycles. The fourth-order valence-electron chi connectivity index (χ4n) is 3.15. The average Bonchev–Trinajstić information content (AvgIpc) is 2.63. The molecule has 1 aliphatic heterocycles. The van der Waals surface area contributed by atoms with Crippen molar-refractivity contribution >= 4 is 0 Å². The van der Waals surface area contributed by atoms with E-state index in [1.54, 1.807) is 0 Å². The van der Waals surface area contributed by atoms with Gasteiger partial charge in [0.05, 0.1) is 5.69 Å². The monoisotopic (exact) mass is 250 g/mol. The van der Waals surface area contributed by atoms with Crippen LogP contribution in [-0.2, 0) is 7.05 Å². The highest BCUT2D eigenvalue weighted by Gasteiger charge is 2.26. The molecule has 0 saturated carbocycles. The summed E-state index contributed by atoms with van der Waals surface area (Å²) in [6.07, 6.45) is 2.47. The molecule has 4 heteroatoms. The molecule has 18 heavy (non-hydrogen) atoms. The molecule has 0 amide bonds. The molecule has 2 N–H and O–H groups in total. The number of nitrogens with zero attached hydrogens (tertiary/aromatic N) is 3. The summed E-state index contributed by atoms with van der Waals surface area (Å²) < 4.78 is 1.99. The second kappa shape index (κ2) is 5.41. The van der Waals surface area contributed by atoms with E-state index >= 15 is 0 Å². The van der Waals surface area contributed by atoms with Crippen molar-refractivity contribution in [2.45, 2.75) is 39.7 Å². The number of hydrogen-bond donors (Lipinski definition) is 1.